The third-order valence-electron chi connectivity index (χ3n) is 6.04. The molecule has 0 spiro atoms. The van der Waals surface area contributed by atoms with Crippen LogP contribution in [0.1, 0.15) is 39.5 Å². The van der Waals surface area contributed by atoms with Gasteiger partial charge in [-0.25, -0.2) is 0 Å². The first-order valence-corrected chi connectivity index (χ1v) is 14.7. The van der Waals surface area contributed by atoms with E-state index in [0.717, 1.165) is 24.5 Å². The second-order valence-electron chi connectivity index (χ2n) is 9.68. The van der Waals surface area contributed by atoms with Crippen LogP contribution in [-0.2, 0) is 28.5 Å². The maximum Gasteiger partial charge on any atom is 0.299 e. The van der Waals surface area contributed by atoms with Crippen LogP contribution in [-0.4, -0.2) is 69.8 Å². The minimum Gasteiger partial charge on any atom is -0.361 e. The van der Waals surface area contributed by atoms with Crippen molar-refractivity contribution in [1.29, 1.82) is 0 Å². The van der Waals surface area contributed by atoms with Gasteiger partial charge in [-0.1, -0.05) is 38.7 Å². The normalized spacial score (nSPS) is 30.2. The Morgan fingerprint density at radius 2 is 1.97 bits per heavy atom. The van der Waals surface area contributed by atoms with Gasteiger partial charge in [0.2, 0.25) is 5.79 Å². The summed E-state index contributed by atoms with van der Waals surface area (Å²) in [4.78, 5) is 28.1. The standard InChI is InChI=1S/C22H39NO6Si/c1-16-14-22(26-4,29-18(3)17(16)2)20(24)21(25)23(19-10-8-9-11-28-19)15-27-12-13-30(5,6)7/h17-19H,1,8-15H2,2-7H3/t17-,18-,19?,22-/m1/s1. The molecule has 2 aliphatic rings. The molecule has 172 valence electrons. The van der Waals surface area contributed by atoms with Crippen LogP contribution in [0.15, 0.2) is 12.2 Å². The lowest BCUT2D eigenvalue weighted by molar-refractivity contribution is -0.250. The highest BCUT2D eigenvalue weighted by molar-refractivity contribution is 6.76. The van der Waals surface area contributed by atoms with E-state index < -0.39 is 31.8 Å². The van der Waals surface area contributed by atoms with E-state index in [2.05, 4.69) is 26.2 Å². The molecule has 1 unspecified atom stereocenters. The Labute approximate surface area is 182 Å². The van der Waals surface area contributed by atoms with Crippen molar-refractivity contribution in [3.63, 3.8) is 0 Å². The molecule has 1 amide bonds. The first kappa shape index (κ1) is 25.2. The fourth-order valence-corrected chi connectivity index (χ4v) is 4.42. The fraction of sp³-hybridized carbons (Fsp3) is 0.818. The predicted octanol–water partition coefficient (Wildman–Crippen LogP) is 3.57. The molecular formula is C22H39NO6Si. The fourth-order valence-electron chi connectivity index (χ4n) is 3.66. The molecule has 0 radical (unpaired) electrons. The number of hydrogen-bond acceptors (Lipinski definition) is 6. The number of methoxy groups -OCH3 is 1. The first-order valence-electron chi connectivity index (χ1n) is 11.0. The summed E-state index contributed by atoms with van der Waals surface area (Å²) in [6.45, 7) is 15.9. The highest BCUT2D eigenvalue weighted by Gasteiger charge is 2.51. The summed E-state index contributed by atoms with van der Waals surface area (Å²) in [7, 11) is 0.135. The molecule has 2 fully saturated rings. The molecule has 0 aliphatic carbocycles. The van der Waals surface area contributed by atoms with Gasteiger partial charge in [-0.3, -0.25) is 14.5 Å². The SMILES string of the molecule is C=C1C[C@](OC)(C(=O)C(=O)N(COCC[Si](C)(C)C)C2CCCCO2)O[C@H](C)[C@@H]1C. The highest BCUT2D eigenvalue weighted by Crippen LogP contribution is 2.37. The van der Waals surface area contributed by atoms with Gasteiger partial charge in [0.25, 0.3) is 11.7 Å². The number of amides is 1. The molecule has 4 atom stereocenters. The van der Waals surface area contributed by atoms with Gasteiger partial charge in [-0.05, 0) is 32.2 Å². The number of carbonyl (C=O) groups is 2. The van der Waals surface area contributed by atoms with Gasteiger partial charge in [-0.15, -0.1) is 0 Å². The monoisotopic (exact) mass is 441 g/mol. The molecule has 2 saturated heterocycles. The molecule has 0 N–H and O–H groups in total. The molecule has 0 saturated carbocycles. The van der Waals surface area contributed by atoms with Crippen molar-refractivity contribution in [2.24, 2.45) is 5.92 Å². The summed E-state index contributed by atoms with van der Waals surface area (Å²) in [5.41, 5.74) is 0.837. The van der Waals surface area contributed by atoms with E-state index >= 15 is 0 Å². The Morgan fingerprint density at radius 3 is 2.50 bits per heavy atom. The van der Waals surface area contributed by atoms with Crippen molar-refractivity contribution in [3.05, 3.63) is 12.2 Å². The van der Waals surface area contributed by atoms with Crippen LogP contribution < -0.4 is 0 Å². The van der Waals surface area contributed by atoms with Crippen molar-refractivity contribution >= 4 is 19.8 Å². The topological polar surface area (TPSA) is 74.3 Å². The third-order valence-corrected chi connectivity index (χ3v) is 7.75. The molecule has 2 rings (SSSR count). The van der Waals surface area contributed by atoms with E-state index in [1.165, 1.54) is 12.0 Å². The van der Waals surface area contributed by atoms with Gasteiger partial charge in [0.05, 0.1) is 6.10 Å². The first-order chi connectivity index (χ1) is 14.0. The maximum atomic E-state index is 13.3. The summed E-state index contributed by atoms with van der Waals surface area (Å²) in [5.74, 6) is -2.98. The zero-order valence-electron chi connectivity index (χ0n) is 19.5. The molecule has 7 nitrogen and oxygen atoms in total. The zero-order valence-corrected chi connectivity index (χ0v) is 20.5. The molecule has 0 bridgehead atoms. The Hall–Kier alpha value is -1.06. The molecule has 0 aromatic heterocycles. The number of ether oxygens (including phenoxy) is 4. The number of Topliss-reactive ketones (excluding diaryl/α,β-unsaturated/α-hetero) is 1. The Bertz CT molecular complexity index is 628. The quantitative estimate of drug-likeness (QED) is 0.179. The Kier molecular flexibility index (Phi) is 8.82. The van der Waals surface area contributed by atoms with Gasteiger partial charge >= 0.3 is 0 Å². The van der Waals surface area contributed by atoms with Crippen molar-refractivity contribution in [3.8, 4) is 0 Å². The largest absolute Gasteiger partial charge is 0.361 e. The minimum atomic E-state index is -1.65. The molecular weight excluding hydrogens is 402 g/mol. The summed E-state index contributed by atoms with van der Waals surface area (Å²) < 4.78 is 23.1. The van der Waals surface area contributed by atoms with E-state index in [-0.39, 0.29) is 25.2 Å². The molecule has 30 heavy (non-hydrogen) atoms. The lowest BCUT2D eigenvalue weighted by Crippen LogP contribution is -2.58. The lowest BCUT2D eigenvalue weighted by Gasteiger charge is -2.42. The van der Waals surface area contributed by atoms with Crippen LogP contribution >= 0.6 is 0 Å². The maximum absolute atomic E-state index is 13.3. The second kappa shape index (κ2) is 10.5. The van der Waals surface area contributed by atoms with Crippen LogP contribution in [0.5, 0.6) is 0 Å². The van der Waals surface area contributed by atoms with Gasteiger partial charge in [0.15, 0.2) is 0 Å². The summed E-state index contributed by atoms with van der Waals surface area (Å²) >= 11 is 0. The number of rotatable bonds is 9. The highest BCUT2D eigenvalue weighted by atomic mass is 28.3. The minimum absolute atomic E-state index is 0.0203. The van der Waals surface area contributed by atoms with E-state index in [0.29, 0.717) is 19.6 Å². The van der Waals surface area contributed by atoms with Crippen LogP contribution in [0.4, 0.5) is 0 Å². The van der Waals surface area contributed by atoms with Crippen LogP contribution in [0.2, 0.25) is 25.7 Å². The summed E-state index contributed by atoms with van der Waals surface area (Å²) in [6, 6.07) is 0.981. The number of carbonyl (C=O) groups excluding carboxylic acids is 2. The van der Waals surface area contributed by atoms with E-state index in [4.69, 9.17) is 18.9 Å². The second-order valence-corrected chi connectivity index (χ2v) is 15.3. The third kappa shape index (κ3) is 6.23. The van der Waals surface area contributed by atoms with Crippen molar-refractivity contribution < 1.29 is 28.5 Å². The van der Waals surface area contributed by atoms with Crippen molar-refractivity contribution in [1.82, 2.24) is 4.90 Å². The molecule has 0 aromatic rings. The molecule has 2 heterocycles. The molecule has 0 aromatic carbocycles. The van der Waals surface area contributed by atoms with E-state index in [1.54, 1.807) is 0 Å². The van der Waals surface area contributed by atoms with Gasteiger partial charge in [-0.2, -0.15) is 0 Å². The smallest absolute Gasteiger partial charge is 0.299 e. The predicted molar refractivity (Wildman–Crippen MR) is 118 cm³/mol. The lowest BCUT2D eigenvalue weighted by atomic mass is 9.86. The number of ketones is 1. The van der Waals surface area contributed by atoms with Crippen LogP contribution in [0.25, 0.3) is 0 Å². The van der Waals surface area contributed by atoms with Crippen molar-refractivity contribution in [2.75, 3.05) is 27.1 Å². The Morgan fingerprint density at radius 1 is 1.27 bits per heavy atom. The summed E-state index contributed by atoms with van der Waals surface area (Å²) in [6.07, 6.45) is 1.97. The average Bonchev–Trinajstić information content (AvgIpc) is 2.70. The number of nitrogens with zero attached hydrogens (tertiary/aromatic N) is 1. The Balaban J connectivity index is 2.16. The molecule has 2 aliphatic heterocycles. The average molecular weight is 442 g/mol. The van der Waals surface area contributed by atoms with E-state index in [1.807, 2.05) is 13.8 Å². The number of hydrogen-bond donors (Lipinski definition) is 0. The van der Waals surface area contributed by atoms with Crippen molar-refractivity contribution in [2.45, 2.75) is 83.3 Å². The van der Waals surface area contributed by atoms with E-state index in [9.17, 15) is 9.59 Å². The van der Waals surface area contributed by atoms with Gasteiger partial charge < -0.3 is 18.9 Å². The van der Waals surface area contributed by atoms with Gasteiger partial charge in [0, 0.05) is 40.7 Å². The summed E-state index contributed by atoms with van der Waals surface area (Å²) in [5, 5.41) is 0. The zero-order chi connectivity index (χ0) is 22.5. The molecule has 8 heteroatoms. The van der Waals surface area contributed by atoms with Crippen LogP contribution in [0, 0.1) is 5.92 Å². The van der Waals surface area contributed by atoms with Gasteiger partial charge in [0.1, 0.15) is 13.0 Å². The van der Waals surface area contributed by atoms with Crippen LogP contribution in [0.3, 0.4) is 0 Å².